The normalized spacial score (nSPS) is 14.7. The Hall–Kier alpha value is -0.900. The summed E-state index contributed by atoms with van der Waals surface area (Å²) in [6.45, 7) is 2.77. The molecule has 1 aromatic carbocycles. The second-order valence-electron chi connectivity index (χ2n) is 4.09. The van der Waals surface area contributed by atoms with Crippen LogP contribution in [0.3, 0.4) is 0 Å². The van der Waals surface area contributed by atoms with Crippen molar-refractivity contribution in [3.8, 4) is 0 Å². The lowest BCUT2D eigenvalue weighted by Gasteiger charge is -2.21. The third-order valence-corrected chi connectivity index (χ3v) is 2.49. The van der Waals surface area contributed by atoms with E-state index in [2.05, 4.69) is 17.4 Å². The lowest BCUT2D eigenvalue weighted by molar-refractivity contribution is 0.150. The summed E-state index contributed by atoms with van der Waals surface area (Å²) in [6.07, 6.45) is 0.916. The molecule has 0 spiro atoms. The zero-order chi connectivity index (χ0) is 11.8. The van der Waals surface area contributed by atoms with E-state index in [0.29, 0.717) is 6.61 Å². The van der Waals surface area contributed by atoms with Crippen LogP contribution in [0.25, 0.3) is 0 Å². The van der Waals surface area contributed by atoms with Crippen molar-refractivity contribution < 1.29 is 9.84 Å². The zero-order valence-corrected chi connectivity index (χ0v) is 10.0. The molecule has 16 heavy (non-hydrogen) atoms. The number of hydrogen-bond acceptors (Lipinski definition) is 3. The Labute approximate surface area is 97.4 Å². The standard InChI is InChI=1S/C13H21NO2/c1-11(9-15)14-13(10-16-2)8-12-6-4-3-5-7-12/h3-7,11,13-15H,8-10H2,1-2H3/t11-,13?/m1/s1. The highest BCUT2D eigenvalue weighted by molar-refractivity contribution is 5.15. The Bertz CT molecular complexity index is 277. The van der Waals surface area contributed by atoms with Crippen molar-refractivity contribution in [1.82, 2.24) is 5.32 Å². The number of aliphatic hydroxyl groups is 1. The van der Waals surface area contributed by atoms with Gasteiger partial charge in [0.2, 0.25) is 0 Å². The maximum atomic E-state index is 9.01. The highest BCUT2D eigenvalue weighted by Gasteiger charge is 2.11. The van der Waals surface area contributed by atoms with Gasteiger partial charge in [-0.1, -0.05) is 30.3 Å². The zero-order valence-electron chi connectivity index (χ0n) is 10.0. The topological polar surface area (TPSA) is 41.5 Å². The predicted molar refractivity (Wildman–Crippen MR) is 65.5 cm³/mol. The van der Waals surface area contributed by atoms with Crippen LogP contribution in [0, 0.1) is 0 Å². The minimum atomic E-state index is 0.101. The molecule has 0 aromatic heterocycles. The fourth-order valence-electron chi connectivity index (χ4n) is 1.72. The summed E-state index contributed by atoms with van der Waals surface area (Å²) in [4.78, 5) is 0. The lowest BCUT2D eigenvalue weighted by Crippen LogP contribution is -2.42. The van der Waals surface area contributed by atoms with Crippen molar-refractivity contribution in [3.63, 3.8) is 0 Å². The van der Waals surface area contributed by atoms with Gasteiger partial charge in [-0.05, 0) is 18.9 Å². The highest BCUT2D eigenvalue weighted by atomic mass is 16.5. The Balaban J connectivity index is 2.50. The molecule has 1 rings (SSSR count). The summed E-state index contributed by atoms with van der Waals surface area (Å²) >= 11 is 0. The maximum Gasteiger partial charge on any atom is 0.0619 e. The van der Waals surface area contributed by atoms with Crippen LogP contribution in [0.4, 0.5) is 0 Å². The average molecular weight is 223 g/mol. The molecule has 1 unspecified atom stereocenters. The minimum absolute atomic E-state index is 0.101. The van der Waals surface area contributed by atoms with Gasteiger partial charge >= 0.3 is 0 Å². The number of benzene rings is 1. The number of ether oxygens (including phenoxy) is 1. The Morgan fingerprint density at radius 2 is 2.00 bits per heavy atom. The number of methoxy groups -OCH3 is 1. The van der Waals surface area contributed by atoms with Gasteiger partial charge in [-0.25, -0.2) is 0 Å². The van der Waals surface area contributed by atoms with E-state index in [1.54, 1.807) is 7.11 Å². The van der Waals surface area contributed by atoms with Gasteiger partial charge in [-0.15, -0.1) is 0 Å². The van der Waals surface area contributed by atoms with Gasteiger partial charge in [-0.3, -0.25) is 0 Å². The van der Waals surface area contributed by atoms with Crippen LogP contribution in [0.5, 0.6) is 0 Å². The molecule has 0 aliphatic carbocycles. The second-order valence-corrected chi connectivity index (χ2v) is 4.09. The molecule has 0 aliphatic rings. The van der Waals surface area contributed by atoms with Gasteiger partial charge in [0, 0.05) is 19.2 Å². The van der Waals surface area contributed by atoms with Crippen LogP contribution in [-0.2, 0) is 11.2 Å². The van der Waals surface area contributed by atoms with E-state index < -0.39 is 0 Å². The molecule has 0 bridgehead atoms. The first kappa shape index (κ1) is 13.2. The van der Waals surface area contributed by atoms with Crippen molar-refractivity contribution in [1.29, 1.82) is 0 Å². The molecular weight excluding hydrogens is 202 g/mol. The summed E-state index contributed by atoms with van der Waals surface area (Å²) in [5, 5.41) is 12.4. The third kappa shape index (κ3) is 4.75. The van der Waals surface area contributed by atoms with E-state index in [-0.39, 0.29) is 18.7 Å². The van der Waals surface area contributed by atoms with Crippen LogP contribution in [0.15, 0.2) is 30.3 Å². The summed E-state index contributed by atoms with van der Waals surface area (Å²) in [6, 6.07) is 10.6. The summed E-state index contributed by atoms with van der Waals surface area (Å²) in [5.41, 5.74) is 1.28. The molecule has 2 N–H and O–H groups in total. The van der Waals surface area contributed by atoms with E-state index in [9.17, 15) is 0 Å². The van der Waals surface area contributed by atoms with E-state index in [4.69, 9.17) is 9.84 Å². The number of nitrogens with one attached hydrogen (secondary N) is 1. The number of aliphatic hydroxyl groups excluding tert-OH is 1. The molecular formula is C13H21NO2. The molecule has 0 amide bonds. The maximum absolute atomic E-state index is 9.01. The van der Waals surface area contributed by atoms with Crippen molar-refractivity contribution in [2.24, 2.45) is 0 Å². The van der Waals surface area contributed by atoms with Gasteiger partial charge in [0.15, 0.2) is 0 Å². The van der Waals surface area contributed by atoms with E-state index in [1.165, 1.54) is 5.56 Å². The molecule has 0 radical (unpaired) electrons. The predicted octanol–water partition coefficient (Wildman–Crippen LogP) is 1.21. The van der Waals surface area contributed by atoms with Crippen molar-refractivity contribution in [3.05, 3.63) is 35.9 Å². The molecule has 0 saturated carbocycles. The molecule has 90 valence electrons. The van der Waals surface area contributed by atoms with Crippen LogP contribution >= 0.6 is 0 Å². The minimum Gasteiger partial charge on any atom is -0.395 e. The van der Waals surface area contributed by atoms with Crippen LogP contribution in [-0.4, -0.2) is 37.5 Å². The number of hydrogen-bond donors (Lipinski definition) is 2. The lowest BCUT2D eigenvalue weighted by atomic mass is 10.1. The first-order valence-corrected chi connectivity index (χ1v) is 5.66. The van der Waals surface area contributed by atoms with Gasteiger partial charge in [0.1, 0.15) is 0 Å². The summed E-state index contributed by atoms with van der Waals surface area (Å²) in [5.74, 6) is 0. The third-order valence-electron chi connectivity index (χ3n) is 2.49. The fraction of sp³-hybridized carbons (Fsp3) is 0.538. The smallest absolute Gasteiger partial charge is 0.0619 e. The fourth-order valence-corrected chi connectivity index (χ4v) is 1.72. The monoisotopic (exact) mass is 223 g/mol. The SMILES string of the molecule is COCC(Cc1ccccc1)N[C@H](C)CO. The molecule has 0 saturated heterocycles. The molecule has 0 aliphatic heterocycles. The first-order valence-electron chi connectivity index (χ1n) is 5.66. The molecule has 0 fully saturated rings. The van der Waals surface area contributed by atoms with Crippen LogP contribution in [0.1, 0.15) is 12.5 Å². The van der Waals surface area contributed by atoms with Gasteiger partial charge in [-0.2, -0.15) is 0 Å². The Morgan fingerprint density at radius 1 is 1.31 bits per heavy atom. The first-order chi connectivity index (χ1) is 7.76. The van der Waals surface area contributed by atoms with Crippen molar-refractivity contribution in [2.45, 2.75) is 25.4 Å². The molecule has 1 aromatic rings. The highest BCUT2D eigenvalue weighted by Crippen LogP contribution is 2.04. The van der Waals surface area contributed by atoms with Crippen molar-refractivity contribution >= 4 is 0 Å². The van der Waals surface area contributed by atoms with Gasteiger partial charge in [0.05, 0.1) is 13.2 Å². The molecule has 3 nitrogen and oxygen atoms in total. The Morgan fingerprint density at radius 3 is 2.56 bits per heavy atom. The molecule has 0 heterocycles. The Kier molecular flexibility index (Phi) is 6.08. The average Bonchev–Trinajstić information content (AvgIpc) is 2.30. The second kappa shape index (κ2) is 7.39. The molecule has 2 atom stereocenters. The molecule has 3 heteroatoms. The van der Waals surface area contributed by atoms with Crippen LogP contribution in [0.2, 0.25) is 0 Å². The van der Waals surface area contributed by atoms with Gasteiger partial charge < -0.3 is 15.2 Å². The largest absolute Gasteiger partial charge is 0.395 e. The van der Waals surface area contributed by atoms with E-state index in [1.807, 2.05) is 25.1 Å². The van der Waals surface area contributed by atoms with Gasteiger partial charge in [0.25, 0.3) is 0 Å². The number of rotatable bonds is 7. The summed E-state index contributed by atoms with van der Waals surface area (Å²) < 4.78 is 5.18. The van der Waals surface area contributed by atoms with Crippen LogP contribution < -0.4 is 5.32 Å². The summed E-state index contributed by atoms with van der Waals surface area (Å²) in [7, 11) is 1.70. The van der Waals surface area contributed by atoms with Crippen molar-refractivity contribution in [2.75, 3.05) is 20.3 Å². The van der Waals surface area contributed by atoms with E-state index in [0.717, 1.165) is 6.42 Å². The van der Waals surface area contributed by atoms with E-state index >= 15 is 0 Å². The quantitative estimate of drug-likeness (QED) is 0.730.